The minimum atomic E-state index is -3.76. The third kappa shape index (κ3) is 3.28. The summed E-state index contributed by atoms with van der Waals surface area (Å²) in [6.45, 7) is 0.974. The average Bonchev–Trinajstić information content (AvgIpc) is 2.99. The van der Waals surface area contributed by atoms with E-state index in [9.17, 15) is 8.42 Å². The first-order valence-corrected chi connectivity index (χ1v) is 8.83. The molecule has 0 unspecified atom stereocenters. The Morgan fingerprint density at radius 3 is 3.00 bits per heavy atom. The molecule has 1 N–H and O–H groups in total. The fraction of sp³-hybridized carbons (Fsp3) is 0.429. The van der Waals surface area contributed by atoms with Gasteiger partial charge in [-0.2, -0.15) is 10.4 Å². The summed E-state index contributed by atoms with van der Waals surface area (Å²) < 4.78 is 34.4. The number of aryl methyl sites for hydroxylation is 1. The maximum atomic E-state index is 12.5. The first-order chi connectivity index (χ1) is 11.5. The molecule has 1 aliphatic heterocycles. The van der Waals surface area contributed by atoms with Crippen molar-refractivity contribution in [1.82, 2.24) is 24.5 Å². The van der Waals surface area contributed by atoms with E-state index in [0.717, 1.165) is 6.42 Å². The van der Waals surface area contributed by atoms with Gasteiger partial charge < -0.3 is 4.74 Å². The van der Waals surface area contributed by atoms with E-state index in [1.807, 2.05) is 6.07 Å². The zero-order valence-corrected chi connectivity index (χ0v) is 13.8. The minimum Gasteiger partial charge on any atom is -0.377 e. The smallest absolute Gasteiger partial charge is 0.242 e. The molecule has 0 fully saturated rings. The van der Waals surface area contributed by atoms with Crippen LogP contribution in [0.3, 0.4) is 0 Å². The van der Waals surface area contributed by atoms with Crippen molar-refractivity contribution in [2.75, 3.05) is 7.11 Å². The monoisotopic (exact) mass is 348 g/mol. The first kappa shape index (κ1) is 16.5. The van der Waals surface area contributed by atoms with Crippen molar-refractivity contribution >= 4 is 10.0 Å². The summed E-state index contributed by atoms with van der Waals surface area (Å²) in [5.41, 5.74) is 0.163. The largest absolute Gasteiger partial charge is 0.377 e. The topological polar surface area (TPSA) is 123 Å². The van der Waals surface area contributed by atoms with E-state index >= 15 is 0 Å². The Morgan fingerprint density at radius 2 is 2.33 bits per heavy atom. The van der Waals surface area contributed by atoms with Gasteiger partial charge in [0.25, 0.3) is 0 Å². The second-order valence-electron chi connectivity index (χ2n) is 5.35. The van der Waals surface area contributed by atoms with Gasteiger partial charge in [-0.3, -0.25) is 0 Å². The highest BCUT2D eigenvalue weighted by molar-refractivity contribution is 7.89. The van der Waals surface area contributed by atoms with Crippen LogP contribution in [0.4, 0.5) is 0 Å². The van der Waals surface area contributed by atoms with E-state index < -0.39 is 16.1 Å². The molecule has 3 rings (SSSR count). The molecule has 1 atom stereocenters. The lowest BCUT2D eigenvalue weighted by Crippen LogP contribution is -2.33. The van der Waals surface area contributed by atoms with E-state index in [0.29, 0.717) is 24.6 Å². The summed E-state index contributed by atoms with van der Waals surface area (Å²) in [6, 6.07) is 4.12. The van der Waals surface area contributed by atoms with Gasteiger partial charge in [-0.15, -0.1) is 0 Å². The molecule has 9 nitrogen and oxygen atoms in total. The molecule has 2 aromatic heterocycles. The highest BCUT2D eigenvalue weighted by Gasteiger charge is 2.29. The summed E-state index contributed by atoms with van der Waals surface area (Å²) in [4.78, 5) is 8.18. The second-order valence-corrected chi connectivity index (χ2v) is 7.06. The summed E-state index contributed by atoms with van der Waals surface area (Å²) in [6.07, 6.45) is 2.60. The Labute approximate surface area is 139 Å². The van der Waals surface area contributed by atoms with Crippen molar-refractivity contribution in [3.05, 3.63) is 35.7 Å². The SMILES string of the molecule is COCc1nc2n(n1)CCC[C@H]2NS(=O)(=O)c1ccc(C#N)nc1. The van der Waals surface area contributed by atoms with Crippen LogP contribution in [0.15, 0.2) is 23.2 Å². The molecule has 1 aliphatic rings. The van der Waals surface area contributed by atoms with Crippen LogP contribution in [0, 0.1) is 11.3 Å². The van der Waals surface area contributed by atoms with Crippen LogP contribution < -0.4 is 4.72 Å². The van der Waals surface area contributed by atoms with Crippen LogP contribution in [0.5, 0.6) is 0 Å². The molecule has 0 bridgehead atoms. The Bertz CT molecular complexity index is 869. The lowest BCUT2D eigenvalue weighted by atomic mass is 10.1. The van der Waals surface area contributed by atoms with Crippen molar-refractivity contribution < 1.29 is 13.2 Å². The number of nitriles is 1. The van der Waals surface area contributed by atoms with Gasteiger partial charge in [0.15, 0.2) is 5.82 Å². The lowest BCUT2D eigenvalue weighted by molar-refractivity contribution is 0.177. The summed E-state index contributed by atoms with van der Waals surface area (Å²) in [5.74, 6) is 1.11. The number of methoxy groups -OCH3 is 1. The molecular formula is C14H16N6O3S. The Hall–Kier alpha value is -2.35. The quantitative estimate of drug-likeness (QED) is 0.835. The normalized spacial score (nSPS) is 17.2. The van der Waals surface area contributed by atoms with Crippen LogP contribution in [-0.2, 0) is 27.9 Å². The van der Waals surface area contributed by atoms with E-state index in [1.165, 1.54) is 18.3 Å². The Morgan fingerprint density at radius 1 is 1.50 bits per heavy atom. The number of ether oxygens (including phenoxy) is 1. The molecule has 0 saturated heterocycles. The molecule has 126 valence electrons. The summed E-state index contributed by atoms with van der Waals surface area (Å²) >= 11 is 0. The standard InChI is InChI=1S/C14H16N6O3S/c1-23-9-13-17-14-12(3-2-6-20(14)18-13)19-24(21,22)11-5-4-10(7-15)16-8-11/h4-5,8,12,19H,2-3,6,9H2,1H3/t12-/m1/s1. The van der Waals surface area contributed by atoms with Crippen molar-refractivity contribution in [1.29, 1.82) is 5.26 Å². The lowest BCUT2D eigenvalue weighted by Gasteiger charge is -2.22. The van der Waals surface area contributed by atoms with Crippen LogP contribution >= 0.6 is 0 Å². The third-order valence-electron chi connectivity index (χ3n) is 3.65. The van der Waals surface area contributed by atoms with Crippen LogP contribution in [0.25, 0.3) is 0 Å². The first-order valence-electron chi connectivity index (χ1n) is 7.34. The van der Waals surface area contributed by atoms with Crippen molar-refractivity contribution in [2.24, 2.45) is 0 Å². The molecule has 10 heteroatoms. The van der Waals surface area contributed by atoms with Gasteiger partial charge in [0, 0.05) is 19.9 Å². The number of hydrogen-bond acceptors (Lipinski definition) is 7. The minimum absolute atomic E-state index is 0.00949. The molecule has 0 amide bonds. The van der Waals surface area contributed by atoms with Crippen molar-refractivity contribution in [3.63, 3.8) is 0 Å². The number of sulfonamides is 1. The second kappa shape index (κ2) is 6.64. The zero-order chi connectivity index (χ0) is 17.2. The third-order valence-corrected chi connectivity index (χ3v) is 5.11. The van der Waals surface area contributed by atoms with Crippen LogP contribution in [0.1, 0.15) is 36.2 Å². The molecule has 0 radical (unpaired) electrons. The zero-order valence-electron chi connectivity index (χ0n) is 13.0. The molecule has 0 aliphatic carbocycles. The van der Waals surface area contributed by atoms with Gasteiger partial charge in [-0.1, -0.05) is 0 Å². The molecule has 2 aromatic rings. The fourth-order valence-corrected chi connectivity index (χ4v) is 3.73. The van der Waals surface area contributed by atoms with E-state index in [-0.39, 0.29) is 17.2 Å². The van der Waals surface area contributed by atoms with Crippen molar-refractivity contribution in [2.45, 2.75) is 36.9 Å². The van der Waals surface area contributed by atoms with Gasteiger partial charge in [0.05, 0.1) is 6.04 Å². The molecule has 3 heterocycles. The maximum Gasteiger partial charge on any atom is 0.242 e. The van der Waals surface area contributed by atoms with Gasteiger partial charge in [-0.05, 0) is 25.0 Å². The number of nitrogens with one attached hydrogen (secondary N) is 1. The van der Waals surface area contributed by atoms with Gasteiger partial charge in [-0.25, -0.2) is 27.8 Å². The number of aromatic nitrogens is 4. The van der Waals surface area contributed by atoms with E-state index in [1.54, 1.807) is 11.8 Å². The van der Waals surface area contributed by atoms with Crippen LogP contribution in [0.2, 0.25) is 0 Å². The van der Waals surface area contributed by atoms with Gasteiger partial charge >= 0.3 is 0 Å². The van der Waals surface area contributed by atoms with Crippen LogP contribution in [-0.4, -0.2) is 35.3 Å². The van der Waals surface area contributed by atoms with Gasteiger partial charge in [0.2, 0.25) is 10.0 Å². The Kier molecular flexibility index (Phi) is 4.57. The summed E-state index contributed by atoms with van der Waals surface area (Å²) in [7, 11) is -2.21. The number of nitrogens with zero attached hydrogens (tertiary/aromatic N) is 5. The molecule has 24 heavy (non-hydrogen) atoms. The number of pyridine rings is 1. The number of rotatable bonds is 5. The molecule has 0 aromatic carbocycles. The number of hydrogen-bond donors (Lipinski definition) is 1. The molecule has 0 saturated carbocycles. The van der Waals surface area contributed by atoms with E-state index in [2.05, 4.69) is 19.8 Å². The highest BCUT2D eigenvalue weighted by atomic mass is 32.2. The predicted octanol–water partition coefficient (Wildman–Crippen LogP) is 0.505. The fourth-order valence-electron chi connectivity index (χ4n) is 2.56. The maximum absolute atomic E-state index is 12.5. The average molecular weight is 348 g/mol. The molecule has 0 spiro atoms. The Balaban J connectivity index is 1.84. The van der Waals surface area contributed by atoms with Crippen molar-refractivity contribution in [3.8, 4) is 6.07 Å². The highest BCUT2D eigenvalue weighted by Crippen LogP contribution is 2.25. The van der Waals surface area contributed by atoms with Gasteiger partial charge in [0.1, 0.15) is 29.1 Å². The summed E-state index contributed by atoms with van der Waals surface area (Å²) in [5, 5.41) is 13.1. The van der Waals surface area contributed by atoms with E-state index in [4.69, 9.17) is 10.00 Å². The molecular weight excluding hydrogens is 332 g/mol. The number of fused-ring (bicyclic) bond motifs is 1. The predicted molar refractivity (Wildman–Crippen MR) is 82.0 cm³/mol.